The first-order valence-electron chi connectivity index (χ1n) is 5.42. The molecule has 0 aromatic heterocycles. The molecule has 0 saturated heterocycles. The molecule has 0 bridgehead atoms. The SMILES string of the molecule is CCCCS(=O)(=O)Nc1ccc(C(=O)O)cc1O. The van der Waals surface area contributed by atoms with Crippen molar-refractivity contribution in [2.24, 2.45) is 0 Å². The minimum absolute atomic E-state index is 0.0175. The Balaban J connectivity index is 2.89. The highest BCUT2D eigenvalue weighted by molar-refractivity contribution is 7.92. The zero-order valence-corrected chi connectivity index (χ0v) is 10.7. The molecule has 0 unspecified atom stereocenters. The summed E-state index contributed by atoms with van der Waals surface area (Å²) < 4.78 is 25.4. The molecule has 0 saturated carbocycles. The van der Waals surface area contributed by atoms with Gasteiger partial charge >= 0.3 is 5.97 Å². The summed E-state index contributed by atoms with van der Waals surface area (Å²) in [6.07, 6.45) is 1.26. The van der Waals surface area contributed by atoms with E-state index >= 15 is 0 Å². The number of rotatable bonds is 6. The van der Waals surface area contributed by atoms with E-state index in [2.05, 4.69) is 4.72 Å². The average molecular weight is 273 g/mol. The minimum Gasteiger partial charge on any atom is -0.506 e. The van der Waals surface area contributed by atoms with Gasteiger partial charge in [-0.1, -0.05) is 13.3 Å². The number of aromatic carboxylic acids is 1. The normalized spacial score (nSPS) is 11.2. The first kappa shape index (κ1) is 14.3. The molecule has 0 radical (unpaired) electrons. The van der Waals surface area contributed by atoms with E-state index in [0.717, 1.165) is 12.5 Å². The lowest BCUT2D eigenvalue weighted by molar-refractivity contribution is 0.0696. The van der Waals surface area contributed by atoms with E-state index in [4.69, 9.17) is 5.11 Å². The standard InChI is InChI=1S/C11H15NO5S/c1-2-3-6-18(16,17)12-9-5-4-8(11(14)15)7-10(9)13/h4-5,7,12-13H,2-3,6H2,1H3,(H,14,15). The molecule has 0 spiro atoms. The minimum atomic E-state index is -3.51. The Morgan fingerprint density at radius 1 is 1.39 bits per heavy atom. The van der Waals surface area contributed by atoms with Gasteiger partial charge in [-0.15, -0.1) is 0 Å². The summed E-state index contributed by atoms with van der Waals surface area (Å²) >= 11 is 0. The molecule has 6 nitrogen and oxygen atoms in total. The molecule has 0 aliphatic heterocycles. The van der Waals surface area contributed by atoms with Crippen LogP contribution in [0.2, 0.25) is 0 Å². The van der Waals surface area contributed by atoms with Gasteiger partial charge in [-0.3, -0.25) is 4.72 Å². The van der Waals surface area contributed by atoms with Crippen molar-refractivity contribution in [2.75, 3.05) is 10.5 Å². The molecule has 18 heavy (non-hydrogen) atoms. The Kier molecular flexibility index (Phi) is 4.55. The van der Waals surface area contributed by atoms with Crippen molar-refractivity contribution >= 4 is 21.7 Å². The number of carboxylic acids is 1. The van der Waals surface area contributed by atoms with Gasteiger partial charge in [0.1, 0.15) is 5.75 Å². The number of hydrogen-bond acceptors (Lipinski definition) is 4. The number of sulfonamides is 1. The van der Waals surface area contributed by atoms with E-state index in [0.29, 0.717) is 6.42 Å². The number of phenolic OH excluding ortho intramolecular Hbond substituents is 1. The van der Waals surface area contributed by atoms with Crippen LogP contribution in [-0.4, -0.2) is 30.4 Å². The summed E-state index contributed by atoms with van der Waals surface area (Å²) in [4.78, 5) is 10.6. The molecule has 0 atom stereocenters. The van der Waals surface area contributed by atoms with E-state index in [-0.39, 0.29) is 17.0 Å². The lowest BCUT2D eigenvalue weighted by atomic mass is 10.2. The molecule has 100 valence electrons. The monoisotopic (exact) mass is 273 g/mol. The fourth-order valence-electron chi connectivity index (χ4n) is 1.30. The molecule has 7 heteroatoms. The maximum absolute atomic E-state index is 11.6. The first-order chi connectivity index (χ1) is 8.35. The predicted octanol–water partition coefficient (Wildman–Crippen LogP) is 1.63. The summed E-state index contributed by atoms with van der Waals surface area (Å²) in [7, 11) is -3.51. The van der Waals surface area contributed by atoms with Crippen molar-refractivity contribution in [3.8, 4) is 5.75 Å². The van der Waals surface area contributed by atoms with Crippen molar-refractivity contribution < 1.29 is 23.4 Å². The number of carbonyl (C=O) groups is 1. The Labute approximate surface area is 105 Å². The number of unbranched alkanes of at least 4 members (excludes halogenated alkanes) is 1. The van der Waals surface area contributed by atoms with Crippen LogP contribution in [0, 0.1) is 0 Å². The molecule has 0 fully saturated rings. The predicted molar refractivity (Wildman–Crippen MR) is 67.4 cm³/mol. The van der Waals surface area contributed by atoms with E-state index < -0.39 is 21.7 Å². The van der Waals surface area contributed by atoms with Crippen LogP contribution >= 0.6 is 0 Å². The lowest BCUT2D eigenvalue weighted by Crippen LogP contribution is -2.16. The third-order valence-corrected chi connectivity index (χ3v) is 3.63. The average Bonchev–Trinajstić information content (AvgIpc) is 2.29. The molecule has 0 aliphatic carbocycles. The Morgan fingerprint density at radius 2 is 2.06 bits per heavy atom. The summed E-state index contributed by atoms with van der Waals surface area (Å²) in [5.41, 5.74) is -0.125. The second kappa shape index (κ2) is 5.72. The quantitative estimate of drug-likeness (QED) is 0.683. The van der Waals surface area contributed by atoms with Gasteiger partial charge in [0.2, 0.25) is 10.0 Å². The van der Waals surface area contributed by atoms with Gasteiger partial charge in [-0.25, -0.2) is 13.2 Å². The molecule has 1 aromatic carbocycles. The summed E-state index contributed by atoms with van der Waals surface area (Å²) in [6.45, 7) is 1.87. The summed E-state index contributed by atoms with van der Waals surface area (Å²) in [6, 6.07) is 3.45. The number of hydrogen-bond donors (Lipinski definition) is 3. The number of nitrogens with one attached hydrogen (secondary N) is 1. The number of aromatic hydroxyl groups is 1. The van der Waals surface area contributed by atoms with Crippen LogP contribution in [0.3, 0.4) is 0 Å². The number of anilines is 1. The third-order valence-electron chi connectivity index (χ3n) is 2.28. The number of carboxylic acid groups (broad SMARTS) is 1. The van der Waals surface area contributed by atoms with Crippen LogP contribution in [-0.2, 0) is 10.0 Å². The maximum atomic E-state index is 11.6. The van der Waals surface area contributed by atoms with Crippen LogP contribution in [0.1, 0.15) is 30.1 Å². The van der Waals surface area contributed by atoms with Gasteiger partial charge in [0.25, 0.3) is 0 Å². The van der Waals surface area contributed by atoms with Gasteiger partial charge in [-0.2, -0.15) is 0 Å². The molecular weight excluding hydrogens is 258 g/mol. The van der Waals surface area contributed by atoms with Crippen molar-refractivity contribution in [1.82, 2.24) is 0 Å². The summed E-state index contributed by atoms with van der Waals surface area (Å²) in [5, 5.41) is 18.2. The molecule has 1 aromatic rings. The second-order valence-electron chi connectivity index (χ2n) is 3.81. The Bertz CT molecular complexity index is 538. The molecule has 3 N–H and O–H groups in total. The van der Waals surface area contributed by atoms with E-state index in [1.165, 1.54) is 12.1 Å². The topological polar surface area (TPSA) is 104 Å². The third kappa shape index (κ3) is 3.92. The highest BCUT2D eigenvalue weighted by atomic mass is 32.2. The van der Waals surface area contributed by atoms with Crippen LogP contribution in [0.15, 0.2) is 18.2 Å². The van der Waals surface area contributed by atoms with Gasteiger partial charge in [0, 0.05) is 0 Å². The van der Waals surface area contributed by atoms with Crippen molar-refractivity contribution in [3.63, 3.8) is 0 Å². The maximum Gasteiger partial charge on any atom is 0.335 e. The molecule has 0 amide bonds. The van der Waals surface area contributed by atoms with Crippen LogP contribution in [0.4, 0.5) is 5.69 Å². The van der Waals surface area contributed by atoms with Gasteiger partial charge in [0.05, 0.1) is 17.0 Å². The van der Waals surface area contributed by atoms with Gasteiger partial charge in [-0.05, 0) is 24.6 Å². The Hall–Kier alpha value is -1.76. The fraction of sp³-hybridized carbons (Fsp3) is 0.364. The van der Waals surface area contributed by atoms with Crippen molar-refractivity contribution in [2.45, 2.75) is 19.8 Å². The Morgan fingerprint density at radius 3 is 2.56 bits per heavy atom. The van der Waals surface area contributed by atoms with Crippen LogP contribution in [0.25, 0.3) is 0 Å². The highest BCUT2D eigenvalue weighted by Gasteiger charge is 2.13. The molecular formula is C11H15NO5S. The highest BCUT2D eigenvalue weighted by Crippen LogP contribution is 2.25. The zero-order valence-electron chi connectivity index (χ0n) is 9.88. The fourth-order valence-corrected chi connectivity index (χ4v) is 2.58. The summed E-state index contributed by atoms with van der Waals surface area (Å²) in [5.74, 6) is -1.63. The van der Waals surface area contributed by atoms with Crippen molar-refractivity contribution in [1.29, 1.82) is 0 Å². The zero-order chi connectivity index (χ0) is 13.8. The van der Waals surface area contributed by atoms with Crippen LogP contribution < -0.4 is 4.72 Å². The number of benzene rings is 1. The van der Waals surface area contributed by atoms with Gasteiger partial charge < -0.3 is 10.2 Å². The van der Waals surface area contributed by atoms with Gasteiger partial charge in [0.15, 0.2) is 0 Å². The largest absolute Gasteiger partial charge is 0.506 e. The molecule has 0 aliphatic rings. The smallest absolute Gasteiger partial charge is 0.335 e. The molecule has 0 heterocycles. The van der Waals surface area contributed by atoms with Crippen LogP contribution in [0.5, 0.6) is 5.75 Å². The van der Waals surface area contributed by atoms with E-state index in [1.807, 2.05) is 6.92 Å². The second-order valence-corrected chi connectivity index (χ2v) is 5.65. The first-order valence-corrected chi connectivity index (χ1v) is 7.07. The number of phenols is 1. The lowest BCUT2D eigenvalue weighted by Gasteiger charge is -2.09. The van der Waals surface area contributed by atoms with Crippen molar-refractivity contribution in [3.05, 3.63) is 23.8 Å². The van der Waals surface area contributed by atoms with E-state index in [1.54, 1.807) is 0 Å². The molecule has 1 rings (SSSR count). The van der Waals surface area contributed by atoms with E-state index in [9.17, 15) is 18.3 Å².